The van der Waals surface area contributed by atoms with Crippen LogP contribution in [0.25, 0.3) is 11.1 Å². The topological polar surface area (TPSA) is 127 Å². The van der Waals surface area contributed by atoms with E-state index in [1.165, 1.54) is 0 Å². The first-order valence-corrected chi connectivity index (χ1v) is 11.3. The van der Waals surface area contributed by atoms with Gasteiger partial charge in [0.05, 0.1) is 0 Å². The number of benzene rings is 2. The Bertz CT molecular complexity index is 895. The van der Waals surface area contributed by atoms with Crippen molar-refractivity contribution in [1.29, 1.82) is 0 Å². The third kappa shape index (κ3) is 7.63. The summed E-state index contributed by atoms with van der Waals surface area (Å²) in [5.74, 6) is -1.27. The molecular formula is C21H27N2O6P. The normalized spacial score (nSPS) is 12.4. The average molecular weight is 434 g/mol. The Hall–Kier alpha value is -2.67. The Labute approximate surface area is 175 Å². The van der Waals surface area contributed by atoms with Gasteiger partial charge in [-0.1, -0.05) is 68.4 Å². The van der Waals surface area contributed by atoms with Crippen molar-refractivity contribution in [2.75, 3.05) is 12.8 Å². The van der Waals surface area contributed by atoms with Crippen LogP contribution in [0.4, 0.5) is 4.79 Å². The van der Waals surface area contributed by atoms with Crippen LogP contribution in [0.5, 0.6) is 0 Å². The minimum Gasteiger partial charge on any atom is -0.480 e. The summed E-state index contributed by atoms with van der Waals surface area (Å²) in [6.07, 6.45) is -0.725. The number of carboxylic acids is 1. The third-order valence-corrected chi connectivity index (χ3v) is 5.03. The highest BCUT2D eigenvalue weighted by Gasteiger charge is 2.28. The molecule has 0 radical (unpaired) electrons. The summed E-state index contributed by atoms with van der Waals surface area (Å²) in [5.41, 5.74) is 2.74. The summed E-state index contributed by atoms with van der Waals surface area (Å²) < 4.78 is 11.3. The predicted octanol–water partition coefficient (Wildman–Crippen LogP) is 3.15. The van der Waals surface area contributed by atoms with Crippen molar-refractivity contribution in [3.63, 3.8) is 0 Å². The van der Waals surface area contributed by atoms with Gasteiger partial charge >= 0.3 is 19.6 Å². The molecule has 30 heavy (non-hydrogen) atoms. The number of amides is 2. The number of carboxylic acid groups (broad SMARTS) is 1. The van der Waals surface area contributed by atoms with Crippen molar-refractivity contribution >= 4 is 19.6 Å². The molecule has 0 fully saturated rings. The number of hydrogen-bond acceptors (Lipinski definition) is 3. The summed E-state index contributed by atoms with van der Waals surface area (Å²) in [6.45, 7) is 3.68. The molecule has 2 aromatic carbocycles. The Morgan fingerprint density at radius 3 is 2.07 bits per heavy atom. The summed E-state index contributed by atoms with van der Waals surface area (Å²) in [6, 6.07) is 15.0. The van der Waals surface area contributed by atoms with E-state index in [4.69, 9.17) is 0 Å². The highest BCUT2D eigenvalue weighted by Crippen LogP contribution is 2.35. The molecule has 2 amide bonds. The van der Waals surface area contributed by atoms with Gasteiger partial charge < -0.3 is 25.1 Å². The monoisotopic (exact) mass is 434 g/mol. The van der Waals surface area contributed by atoms with Gasteiger partial charge in [0.15, 0.2) is 0 Å². The minimum absolute atomic E-state index is 0.0432. The van der Waals surface area contributed by atoms with E-state index in [0.29, 0.717) is 5.56 Å². The molecule has 0 aliphatic carbocycles. The number of rotatable bonds is 9. The fourth-order valence-electron chi connectivity index (χ4n) is 3.01. The van der Waals surface area contributed by atoms with E-state index < -0.39 is 31.9 Å². The lowest BCUT2D eigenvalue weighted by Gasteiger charge is -2.27. The first kappa shape index (κ1) is 23.6. The summed E-state index contributed by atoms with van der Waals surface area (Å²) in [5, 5.41) is 11.9. The van der Waals surface area contributed by atoms with E-state index in [1.807, 2.05) is 42.5 Å². The van der Waals surface area contributed by atoms with Crippen LogP contribution in [0.2, 0.25) is 0 Å². The van der Waals surface area contributed by atoms with Crippen molar-refractivity contribution in [3.8, 4) is 11.1 Å². The Morgan fingerprint density at radius 2 is 1.57 bits per heavy atom. The van der Waals surface area contributed by atoms with E-state index in [2.05, 4.69) is 5.32 Å². The van der Waals surface area contributed by atoms with Gasteiger partial charge in [-0.25, -0.2) is 9.59 Å². The van der Waals surface area contributed by atoms with Gasteiger partial charge in [0.2, 0.25) is 0 Å². The molecule has 2 aromatic rings. The van der Waals surface area contributed by atoms with Crippen molar-refractivity contribution < 1.29 is 29.0 Å². The van der Waals surface area contributed by atoms with Gasteiger partial charge in [-0.15, -0.1) is 0 Å². The van der Waals surface area contributed by atoms with Crippen LogP contribution in [-0.4, -0.2) is 50.7 Å². The molecule has 0 aromatic heterocycles. The molecule has 0 aliphatic heterocycles. The Kier molecular flexibility index (Phi) is 8.17. The second-order valence-corrected chi connectivity index (χ2v) is 9.14. The third-order valence-electron chi connectivity index (χ3n) is 4.32. The zero-order valence-electron chi connectivity index (χ0n) is 16.9. The molecular weight excluding hydrogens is 407 g/mol. The zero-order chi connectivity index (χ0) is 22.3. The van der Waals surface area contributed by atoms with Crippen molar-refractivity contribution in [2.45, 2.75) is 26.3 Å². The van der Waals surface area contributed by atoms with Crippen LogP contribution in [-0.2, 0) is 15.8 Å². The number of carbonyl (C=O) groups excluding carboxylic acids is 1. The number of nitrogens with one attached hydrogen (secondary N) is 1. The molecule has 0 unspecified atom stereocenters. The van der Waals surface area contributed by atoms with E-state index in [9.17, 15) is 29.0 Å². The van der Waals surface area contributed by atoms with Gasteiger partial charge in [0.1, 0.15) is 12.3 Å². The van der Waals surface area contributed by atoms with Crippen molar-refractivity contribution in [3.05, 3.63) is 60.2 Å². The molecule has 4 N–H and O–H groups in total. The maximum Gasteiger partial charge on any atom is 0.344 e. The fourth-order valence-corrected chi connectivity index (χ4v) is 3.70. The molecule has 0 heterocycles. The van der Waals surface area contributed by atoms with Crippen LogP contribution < -0.4 is 5.32 Å². The number of hydrogen-bond donors (Lipinski definition) is 4. The molecule has 0 saturated carbocycles. The molecule has 0 bridgehead atoms. The molecule has 0 spiro atoms. The molecule has 1 atom stereocenters. The fraction of sp³-hybridized carbons (Fsp3) is 0.333. The highest BCUT2D eigenvalue weighted by atomic mass is 31.2. The van der Waals surface area contributed by atoms with Gasteiger partial charge in [-0.3, -0.25) is 4.57 Å². The van der Waals surface area contributed by atoms with Crippen molar-refractivity contribution in [2.24, 2.45) is 5.92 Å². The SMILES string of the molecule is CC(C)CN(CP(=O)(O)O)C(=O)N[C@@H](Cc1ccc(-c2ccccc2)cc1)C(=O)O. The number of aliphatic carboxylic acids is 1. The van der Waals surface area contributed by atoms with Crippen LogP contribution in [0.1, 0.15) is 19.4 Å². The summed E-state index contributed by atoms with van der Waals surface area (Å²) in [4.78, 5) is 43.6. The number of carbonyl (C=O) groups is 2. The number of urea groups is 1. The van der Waals surface area contributed by atoms with E-state index in [0.717, 1.165) is 16.0 Å². The van der Waals surface area contributed by atoms with E-state index >= 15 is 0 Å². The van der Waals surface area contributed by atoms with E-state index in [1.54, 1.807) is 26.0 Å². The van der Waals surface area contributed by atoms with Gasteiger partial charge in [-0.05, 0) is 22.6 Å². The molecule has 2 rings (SSSR count). The highest BCUT2D eigenvalue weighted by molar-refractivity contribution is 7.51. The van der Waals surface area contributed by atoms with Crippen LogP contribution in [0, 0.1) is 5.92 Å². The lowest BCUT2D eigenvalue weighted by molar-refractivity contribution is -0.139. The van der Waals surface area contributed by atoms with Crippen LogP contribution >= 0.6 is 7.60 Å². The van der Waals surface area contributed by atoms with Crippen LogP contribution in [0.3, 0.4) is 0 Å². The maximum atomic E-state index is 12.5. The first-order chi connectivity index (χ1) is 14.0. The first-order valence-electron chi connectivity index (χ1n) is 9.52. The second-order valence-electron chi connectivity index (χ2n) is 7.53. The van der Waals surface area contributed by atoms with E-state index in [-0.39, 0.29) is 18.9 Å². The molecule has 0 aliphatic rings. The van der Waals surface area contributed by atoms with Crippen molar-refractivity contribution in [1.82, 2.24) is 10.2 Å². The molecule has 0 saturated heterocycles. The average Bonchev–Trinajstić information content (AvgIpc) is 2.66. The maximum absolute atomic E-state index is 12.5. The van der Waals surface area contributed by atoms with Gasteiger partial charge in [0.25, 0.3) is 0 Å². The lowest BCUT2D eigenvalue weighted by atomic mass is 10.0. The molecule has 162 valence electrons. The summed E-state index contributed by atoms with van der Waals surface area (Å²) >= 11 is 0. The standard InChI is InChI=1S/C21H27N2O6P/c1-15(2)13-23(14-30(27,28)29)21(26)22-19(20(24)25)12-16-8-10-18(11-9-16)17-6-4-3-5-7-17/h3-11,15,19H,12-14H2,1-2H3,(H,22,26)(H,24,25)(H2,27,28,29)/t19-/m0/s1. The largest absolute Gasteiger partial charge is 0.480 e. The summed E-state index contributed by atoms with van der Waals surface area (Å²) in [7, 11) is -4.48. The number of nitrogens with zero attached hydrogens (tertiary/aromatic N) is 1. The Balaban J connectivity index is 2.10. The van der Waals surface area contributed by atoms with Gasteiger partial charge in [0, 0.05) is 13.0 Å². The Morgan fingerprint density at radius 1 is 1.00 bits per heavy atom. The van der Waals surface area contributed by atoms with Crippen LogP contribution in [0.15, 0.2) is 54.6 Å². The minimum atomic E-state index is -4.48. The van der Waals surface area contributed by atoms with Gasteiger partial charge in [-0.2, -0.15) is 0 Å². The lowest BCUT2D eigenvalue weighted by Crippen LogP contribution is -2.50. The molecule has 8 nitrogen and oxygen atoms in total. The smallest absolute Gasteiger partial charge is 0.344 e. The second kappa shape index (κ2) is 10.4. The zero-order valence-corrected chi connectivity index (χ0v) is 17.8. The quantitative estimate of drug-likeness (QED) is 0.449. The molecule has 9 heteroatoms. The predicted molar refractivity (Wildman–Crippen MR) is 114 cm³/mol.